The van der Waals surface area contributed by atoms with E-state index in [-0.39, 0.29) is 6.07 Å². The third kappa shape index (κ3) is 2.60. The molecule has 0 aliphatic rings. The average molecular weight is 262 g/mol. The Kier molecular flexibility index (Phi) is 3.08. The van der Waals surface area contributed by atoms with Crippen molar-refractivity contribution >= 4 is 10.1 Å². The van der Waals surface area contributed by atoms with Crippen molar-refractivity contribution in [2.75, 3.05) is 0 Å². The molecule has 0 heterocycles. The van der Waals surface area contributed by atoms with Crippen LogP contribution in [0.25, 0.3) is 0 Å². The van der Waals surface area contributed by atoms with Gasteiger partial charge >= 0.3 is 15.6 Å². The fraction of sp³-hybridized carbons (Fsp3) is 0.143. The third-order valence-electron chi connectivity index (χ3n) is 1.38. The summed E-state index contributed by atoms with van der Waals surface area (Å²) >= 11 is 0. The molecule has 3 nitrogen and oxygen atoms in total. The second kappa shape index (κ2) is 3.89. The molecule has 0 bridgehead atoms. The number of halogens is 5. The molecule has 1 aromatic rings. The molecule has 0 spiro atoms. The maximum absolute atomic E-state index is 12.5. The largest absolute Gasteiger partial charge is 0.534 e. The number of benzene rings is 1. The molecule has 0 aliphatic carbocycles. The van der Waals surface area contributed by atoms with Crippen molar-refractivity contribution in [3.63, 3.8) is 0 Å². The van der Waals surface area contributed by atoms with Crippen LogP contribution in [0.1, 0.15) is 0 Å². The molecule has 1 rings (SSSR count). The molecule has 0 saturated heterocycles. The van der Waals surface area contributed by atoms with E-state index in [1.807, 2.05) is 0 Å². The smallest absolute Gasteiger partial charge is 0.376 e. The predicted molar refractivity (Wildman–Crippen MR) is 42.0 cm³/mol. The lowest BCUT2D eigenvalue weighted by Crippen LogP contribution is -2.28. The van der Waals surface area contributed by atoms with Crippen molar-refractivity contribution in [2.45, 2.75) is 5.51 Å². The Morgan fingerprint density at radius 2 is 1.62 bits per heavy atom. The second-order valence-electron chi connectivity index (χ2n) is 2.56. The molecule has 0 fully saturated rings. The van der Waals surface area contributed by atoms with E-state index in [9.17, 15) is 30.4 Å². The molecule has 90 valence electrons. The maximum Gasteiger partial charge on any atom is 0.534 e. The molecule has 16 heavy (non-hydrogen) atoms. The summed E-state index contributed by atoms with van der Waals surface area (Å²) in [5.74, 6) is -3.82. The van der Waals surface area contributed by atoms with Gasteiger partial charge in [-0.25, -0.2) is 8.78 Å². The first-order valence-corrected chi connectivity index (χ1v) is 5.00. The van der Waals surface area contributed by atoms with E-state index in [0.717, 1.165) is 0 Å². The Hall–Kier alpha value is -1.38. The van der Waals surface area contributed by atoms with E-state index in [2.05, 4.69) is 4.18 Å². The van der Waals surface area contributed by atoms with Crippen LogP contribution in [0.2, 0.25) is 0 Å². The van der Waals surface area contributed by atoms with E-state index in [1.165, 1.54) is 0 Å². The van der Waals surface area contributed by atoms with Gasteiger partial charge in [0.05, 0.1) is 0 Å². The van der Waals surface area contributed by atoms with Gasteiger partial charge in [-0.15, -0.1) is 0 Å². The molecule has 0 aromatic heterocycles. The van der Waals surface area contributed by atoms with Crippen LogP contribution < -0.4 is 4.18 Å². The summed E-state index contributed by atoms with van der Waals surface area (Å²) < 4.78 is 84.8. The number of hydrogen-bond donors (Lipinski definition) is 0. The van der Waals surface area contributed by atoms with Crippen molar-refractivity contribution in [3.05, 3.63) is 29.8 Å². The van der Waals surface area contributed by atoms with E-state index in [1.54, 1.807) is 0 Å². The van der Waals surface area contributed by atoms with Gasteiger partial charge in [0.15, 0.2) is 11.6 Å². The van der Waals surface area contributed by atoms with Gasteiger partial charge in [-0.2, -0.15) is 21.6 Å². The van der Waals surface area contributed by atoms with Gasteiger partial charge in [-0.05, 0) is 12.1 Å². The van der Waals surface area contributed by atoms with E-state index < -0.39 is 33.0 Å². The van der Waals surface area contributed by atoms with Crippen molar-refractivity contribution in [1.29, 1.82) is 0 Å². The fourth-order valence-electron chi connectivity index (χ4n) is 0.703. The minimum Gasteiger partial charge on any atom is -0.376 e. The molecule has 0 amide bonds. The van der Waals surface area contributed by atoms with Gasteiger partial charge in [0.1, 0.15) is 5.75 Å². The number of hydrogen-bond acceptors (Lipinski definition) is 3. The molecule has 9 heteroatoms. The van der Waals surface area contributed by atoms with Crippen LogP contribution in [0.3, 0.4) is 0 Å². The molecule has 0 saturated carbocycles. The lowest BCUT2D eigenvalue weighted by Gasteiger charge is -2.09. The molecule has 0 radical (unpaired) electrons. The van der Waals surface area contributed by atoms with Crippen LogP contribution in [-0.4, -0.2) is 13.9 Å². The minimum absolute atomic E-state index is 0.193. The summed E-state index contributed by atoms with van der Waals surface area (Å²) in [7, 11) is -5.87. The normalized spacial score (nSPS) is 12.6. The Labute approximate surface area is 86.6 Å². The average Bonchev–Trinajstić information content (AvgIpc) is 2.09. The zero-order valence-electron chi connectivity index (χ0n) is 7.25. The van der Waals surface area contributed by atoms with Crippen molar-refractivity contribution < 1.29 is 34.6 Å². The van der Waals surface area contributed by atoms with E-state index in [0.29, 0.717) is 12.1 Å². The summed E-state index contributed by atoms with van der Waals surface area (Å²) in [6, 6.07) is 1.19. The molecule has 1 aromatic carbocycles. The van der Waals surface area contributed by atoms with Crippen LogP contribution in [0, 0.1) is 11.6 Å². The molecular weight excluding hydrogens is 259 g/mol. The van der Waals surface area contributed by atoms with Crippen LogP contribution in [0.4, 0.5) is 22.0 Å². The van der Waals surface area contributed by atoms with Gasteiger partial charge in [0.2, 0.25) is 0 Å². The summed E-state index contributed by atoms with van der Waals surface area (Å²) in [4.78, 5) is 0. The topological polar surface area (TPSA) is 43.4 Å². The van der Waals surface area contributed by atoms with Crippen molar-refractivity contribution in [3.8, 4) is 5.75 Å². The van der Waals surface area contributed by atoms with Gasteiger partial charge < -0.3 is 4.18 Å². The Morgan fingerprint density at radius 3 is 2.06 bits per heavy atom. The molecule has 0 atom stereocenters. The summed E-state index contributed by atoms with van der Waals surface area (Å²) in [6.07, 6.45) is 0. The van der Waals surface area contributed by atoms with Gasteiger partial charge in [0, 0.05) is 6.07 Å². The van der Waals surface area contributed by atoms with E-state index in [4.69, 9.17) is 0 Å². The Bertz CT molecular complexity index is 493. The van der Waals surface area contributed by atoms with Crippen LogP contribution in [0.5, 0.6) is 5.75 Å². The van der Waals surface area contributed by atoms with Crippen LogP contribution in [0.15, 0.2) is 18.2 Å². The van der Waals surface area contributed by atoms with Crippen LogP contribution in [-0.2, 0) is 10.1 Å². The highest BCUT2D eigenvalue weighted by Gasteiger charge is 2.48. The van der Waals surface area contributed by atoms with Gasteiger partial charge in [-0.1, -0.05) is 0 Å². The summed E-state index contributed by atoms with van der Waals surface area (Å²) in [6.45, 7) is 0. The Balaban J connectivity index is 3.03. The zero-order chi connectivity index (χ0) is 12.6. The fourth-order valence-corrected chi connectivity index (χ4v) is 1.15. The number of alkyl halides is 3. The standard InChI is InChI=1S/C7H3F5O3S/c8-5-2-1-4(3-6(5)9)15-16(13,14)7(10,11)12/h1-3H. The lowest BCUT2D eigenvalue weighted by molar-refractivity contribution is -0.0500. The van der Waals surface area contributed by atoms with E-state index >= 15 is 0 Å². The highest BCUT2D eigenvalue weighted by molar-refractivity contribution is 7.87. The molecular formula is C7H3F5O3S. The molecule has 0 N–H and O–H groups in total. The van der Waals surface area contributed by atoms with Crippen molar-refractivity contribution in [2.24, 2.45) is 0 Å². The monoisotopic (exact) mass is 262 g/mol. The first-order valence-electron chi connectivity index (χ1n) is 3.59. The van der Waals surface area contributed by atoms with Gasteiger partial charge in [0.25, 0.3) is 0 Å². The molecule has 0 unspecified atom stereocenters. The minimum atomic E-state index is -5.87. The lowest BCUT2D eigenvalue weighted by atomic mass is 10.3. The predicted octanol–water partition coefficient (Wildman–Crippen LogP) is 2.19. The first-order chi connectivity index (χ1) is 7.13. The zero-order valence-corrected chi connectivity index (χ0v) is 8.07. The van der Waals surface area contributed by atoms with Crippen LogP contribution >= 0.6 is 0 Å². The summed E-state index contributed by atoms with van der Waals surface area (Å²) in [5, 5.41) is 0. The Morgan fingerprint density at radius 1 is 1.06 bits per heavy atom. The highest BCUT2D eigenvalue weighted by Crippen LogP contribution is 2.27. The number of rotatable bonds is 2. The SMILES string of the molecule is O=S(=O)(Oc1ccc(F)c(F)c1)C(F)(F)F. The quantitative estimate of drug-likeness (QED) is 0.466. The maximum atomic E-state index is 12.5. The van der Waals surface area contributed by atoms with Gasteiger partial charge in [-0.3, -0.25) is 0 Å². The van der Waals surface area contributed by atoms with Crippen molar-refractivity contribution in [1.82, 2.24) is 0 Å². The highest BCUT2D eigenvalue weighted by atomic mass is 32.2. The first kappa shape index (κ1) is 12.7. The summed E-state index contributed by atoms with van der Waals surface area (Å²) in [5.41, 5.74) is -5.63. The third-order valence-corrected chi connectivity index (χ3v) is 2.36. The molecule has 0 aliphatic heterocycles. The second-order valence-corrected chi connectivity index (χ2v) is 4.10.